The van der Waals surface area contributed by atoms with E-state index in [-0.39, 0.29) is 12.5 Å². The summed E-state index contributed by atoms with van der Waals surface area (Å²) in [6.45, 7) is 5.31. The molecule has 1 aromatic rings. The van der Waals surface area contributed by atoms with Gasteiger partial charge in [0.05, 0.1) is 0 Å². The van der Waals surface area contributed by atoms with Crippen molar-refractivity contribution in [2.75, 3.05) is 18.4 Å². The van der Waals surface area contributed by atoms with Crippen molar-refractivity contribution in [2.45, 2.75) is 33.1 Å². The molecule has 0 radical (unpaired) electrons. The minimum Gasteiger partial charge on any atom is -0.324 e. The summed E-state index contributed by atoms with van der Waals surface area (Å²) in [5.41, 5.74) is 1.63. The molecular formula is C17H21N3O4. The first-order valence-electron chi connectivity index (χ1n) is 7.96. The molecule has 1 fully saturated rings. The summed E-state index contributed by atoms with van der Waals surface area (Å²) >= 11 is 0. The average molecular weight is 331 g/mol. The molecule has 1 N–H and O–H groups in total. The third-order valence-corrected chi connectivity index (χ3v) is 4.13. The number of rotatable bonds is 6. The summed E-state index contributed by atoms with van der Waals surface area (Å²) in [5.74, 6) is -2.12. The molecule has 1 heterocycles. The Morgan fingerprint density at radius 3 is 2.29 bits per heavy atom. The number of nitrogens with zero attached hydrogens (tertiary/aromatic N) is 2. The second kappa shape index (κ2) is 7.25. The molecule has 128 valence electrons. The van der Waals surface area contributed by atoms with Gasteiger partial charge in [0.15, 0.2) is 0 Å². The lowest BCUT2D eigenvalue weighted by atomic mass is 9.97. The topological polar surface area (TPSA) is 86.8 Å². The Hall–Kier alpha value is -2.70. The predicted octanol–water partition coefficient (Wildman–Crippen LogP) is 1.95. The van der Waals surface area contributed by atoms with Gasteiger partial charge >= 0.3 is 17.8 Å². The molecule has 0 aromatic heterocycles. The van der Waals surface area contributed by atoms with Crippen LogP contribution >= 0.6 is 0 Å². The maximum atomic E-state index is 12.2. The van der Waals surface area contributed by atoms with E-state index in [2.05, 4.69) is 19.2 Å². The highest BCUT2D eigenvalue weighted by atomic mass is 16.2. The van der Waals surface area contributed by atoms with Gasteiger partial charge in [0.25, 0.3) is 0 Å². The summed E-state index contributed by atoms with van der Waals surface area (Å²) in [5, 5.41) is 2.73. The predicted molar refractivity (Wildman–Crippen MR) is 88.3 cm³/mol. The van der Waals surface area contributed by atoms with Gasteiger partial charge in [0.1, 0.15) is 6.54 Å². The summed E-state index contributed by atoms with van der Waals surface area (Å²) < 4.78 is 0. The summed E-state index contributed by atoms with van der Waals surface area (Å²) in [6, 6.07) is 6.64. The van der Waals surface area contributed by atoms with Gasteiger partial charge < -0.3 is 5.32 Å². The number of hydrogen-bond acceptors (Lipinski definition) is 4. The minimum atomic E-state index is -0.966. The molecule has 0 aliphatic carbocycles. The minimum absolute atomic E-state index is 0.0956. The first kappa shape index (κ1) is 17.7. The number of hydrogen-bond donors (Lipinski definition) is 1. The van der Waals surface area contributed by atoms with Crippen LogP contribution in [0, 0.1) is 0 Å². The van der Waals surface area contributed by atoms with Gasteiger partial charge in [-0.3, -0.25) is 19.3 Å². The molecule has 24 heavy (non-hydrogen) atoms. The van der Waals surface area contributed by atoms with Crippen LogP contribution in [0.3, 0.4) is 0 Å². The van der Waals surface area contributed by atoms with Crippen LogP contribution in [-0.2, 0) is 14.4 Å². The molecule has 1 atom stereocenters. The first-order chi connectivity index (χ1) is 11.4. The Balaban J connectivity index is 2.11. The van der Waals surface area contributed by atoms with Crippen LogP contribution in [-0.4, -0.2) is 46.6 Å². The zero-order valence-electron chi connectivity index (χ0n) is 14.0. The fourth-order valence-electron chi connectivity index (χ4n) is 2.56. The Morgan fingerprint density at radius 1 is 1.08 bits per heavy atom. The second-order valence-corrected chi connectivity index (χ2v) is 5.67. The standard InChI is InChI=1S/C17H21N3O4/c1-4-11(3)12-8-6-7-9-13(12)18-14(21)10-20-16(23)15(22)19(5-2)17(20)24/h6-9,11H,4-5,10H2,1-3H3,(H,18,21)/t11-/m1/s1. The third-order valence-electron chi connectivity index (χ3n) is 4.13. The summed E-state index contributed by atoms with van der Waals surface area (Å²) in [7, 11) is 0. The highest BCUT2D eigenvalue weighted by molar-refractivity contribution is 6.45. The van der Waals surface area contributed by atoms with Crippen LogP contribution in [0.1, 0.15) is 38.7 Å². The zero-order chi connectivity index (χ0) is 17.9. The largest absolute Gasteiger partial charge is 0.334 e. The maximum Gasteiger partial charge on any atom is 0.334 e. The SMILES string of the molecule is CC[C@@H](C)c1ccccc1NC(=O)CN1C(=O)C(=O)N(CC)C1=O. The van der Waals surface area contributed by atoms with Gasteiger partial charge in [-0.15, -0.1) is 0 Å². The maximum absolute atomic E-state index is 12.2. The van der Waals surface area contributed by atoms with Gasteiger partial charge in [-0.05, 0) is 30.9 Å². The van der Waals surface area contributed by atoms with E-state index >= 15 is 0 Å². The van der Waals surface area contributed by atoms with Crippen molar-refractivity contribution in [1.29, 1.82) is 0 Å². The fraction of sp³-hybridized carbons (Fsp3) is 0.412. The third kappa shape index (κ3) is 3.29. The van der Waals surface area contributed by atoms with Gasteiger partial charge in [0.2, 0.25) is 5.91 Å². The van der Waals surface area contributed by atoms with Crippen molar-refractivity contribution < 1.29 is 19.2 Å². The van der Waals surface area contributed by atoms with Crippen molar-refractivity contribution in [3.8, 4) is 0 Å². The zero-order valence-corrected chi connectivity index (χ0v) is 14.0. The Morgan fingerprint density at radius 2 is 1.71 bits per heavy atom. The molecule has 0 unspecified atom stereocenters. The average Bonchev–Trinajstić information content (AvgIpc) is 2.77. The lowest BCUT2D eigenvalue weighted by molar-refractivity contribution is -0.143. The molecule has 2 rings (SSSR count). The number of carbonyl (C=O) groups excluding carboxylic acids is 4. The number of nitrogens with one attached hydrogen (secondary N) is 1. The lowest BCUT2D eigenvalue weighted by Gasteiger charge is -2.17. The van der Waals surface area contributed by atoms with Crippen LogP contribution in [0.2, 0.25) is 0 Å². The van der Waals surface area contributed by atoms with E-state index in [0.717, 1.165) is 16.9 Å². The fourth-order valence-corrected chi connectivity index (χ4v) is 2.56. The van der Waals surface area contributed by atoms with Crippen LogP contribution in [0.5, 0.6) is 0 Å². The van der Waals surface area contributed by atoms with E-state index in [1.165, 1.54) is 0 Å². The number of para-hydroxylation sites is 1. The monoisotopic (exact) mass is 331 g/mol. The van der Waals surface area contributed by atoms with Crippen LogP contribution in [0.25, 0.3) is 0 Å². The second-order valence-electron chi connectivity index (χ2n) is 5.67. The molecule has 7 heteroatoms. The van der Waals surface area contributed by atoms with Crippen molar-refractivity contribution in [3.05, 3.63) is 29.8 Å². The molecule has 1 aliphatic rings. The number of anilines is 1. The van der Waals surface area contributed by atoms with E-state index in [9.17, 15) is 19.2 Å². The normalized spacial score (nSPS) is 15.9. The molecule has 1 saturated heterocycles. The Bertz CT molecular complexity index is 686. The quantitative estimate of drug-likeness (QED) is 0.637. The lowest BCUT2D eigenvalue weighted by Crippen LogP contribution is -2.39. The molecular weight excluding hydrogens is 310 g/mol. The molecule has 5 amide bonds. The Labute approximate surface area is 140 Å². The molecule has 0 spiro atoms. The van der Waals surface area contributed by atoms with Gasteiger partial charge in [-0.25, -0.2) is 9.69 Å². The summed E-state index contributed by atoms with van der Waals surface area (Å²) in [4.78, 5) is 49.2. The summed E-state index contributed by atoms with van der Waals surface area (Å²) in [6.07, 6.45) is 0.913. The number of likely N-dealkylation sites (N-methyl/N-ethyl adjacent to an activating group) is 1. The molecule has 7 nitrogen and oxygen atoms in total. The molecule has 1 aliphatic heterocycles. The van der Waals surface area contributed by atoms with E-state index in [4.69, 9.17) is 0 Å². The number of benzene rings is 1. The van der Waals surface area contributed by atoms with Crippen LogP contribution in [0.4, 0.5) is 10.5 Å². The van der Waals surface area contributed by atoms with E-state index in [0.29, 0.717) is 10.6 Å². The highest BCUT2D eigenvalue weighted by Crippen LogP contribution is 2.26. The van der Waals surface area contributed by atoms with Crippen LogP contribution in [0.15, 0.2) is 24.3 Å². The van der Waals surface area contributed by atoms with E-state index in [1.54, 1.807) is 19.1 Å². The smallest absolute Gasteiger partial charge is 0.324 e. The van der Waals surface area contributed by atoms with Gasteiger partial charge in [-0.2, -0.15) is 0 Å². The number of imide groups is 2. The molecule has 1 aromatic carbocycles. The van der Waals surface area contributed by atoms with E-state index < -0.39 is 30.3 Å². The van der Waals surface area contributed by atoms with Crippen molar-refractivity contribution in [3.63, 3.8) is 0 Å². The Kier molecular flexibility index (Phi) is 5.33. The van der Waals surface area contributed by atoms with Crippen molar-refractivity contribution in [1.82, 2.24) is 9.80 Å². The number of amides is 5. The van der Waals surface area contributed by atoms with Gasteiger partial charge in [0, 0.05) is 12.2 Å². The first-order valence-corrected chi connectivity index (χ1v) is 7.96. The van der Waals surface area contributed by atoms with Crippen molar-refractivity contribution in [2.24, 2.45) is 0 Å². The molecule has 0 saturated carbocycles. The number of urea groups is 1. The molecule has 0 bridgehead atoms. The number of carbonyl (C=O) groups is 4. The van der Waals surface area contributed by atoms with Gasteiger partial charge in [-0.1, -0.05) is 32.0 Å². The van der Waals surface area contributed by atoms with E-state index in [1.807, 2.05) is 12.1 Å². The highest BCUT2D eigenvalue weighted by Gasteiger charge is 2.44. The van der Waals surface area contributed by atoms with Crippen LogP contribution < -0.4 is 5.32 Å². The van der Waals surface area contributed by atoms with Crippen molar-refractivity contribution >= 4 is 29.4 Å².